The molecule has 1 aromatic carbocycles. The molecule has 0 fully saturated rings. The van der Waals surface area contributed by atoms with Gasteiger partial charge in [-0.3, -0.25) is 4.79 Å². The van der Waals surface area contributed by atoms with E-state index >= 15 is 0 Å². The maximum absolute atomic E-state index is 12.4. The lowest BCUT2D eigenvalue weighted by Crippen LogP contribution is -2.47. The van der Waals surface area contributed by atoms with E-state index in [0.29, 0.717) is 0 Å². The van der Waals surface area contributed by atoms with Crippen molar-refractivity contribution in [3.63, 3.8) is 0 Å². The lowest BCUT2D eigenvalue weighted by molar-refractivity contribution is 0.0888. The minimum Gasteiger partial charge on any atom is -0.385 e. The smallest absolute Gasteiger partial charge is 0.251 e. The summed E-state index contributed by atoms with van der Waals surface area (Å²) >= 11 is 0. The van der Waals surface area contributed by atoms with Gasteiger partial charge in [-0.25, -0.2) is 0 Å². The molecule has 0 spiro atoms. The Morgan fingerprint density at radius 3 is 2.15 bits per heavy atom. The van der Waals surface area contributed by atoms with Crippen molar-refractivity contribution in [2.24, 2.45) is 0 Å². The first-order chi connectivity index (χ1) is 9.51. The molecule has 1 aromatic rings. The highest BCUT2D eigenvalue weighted by Crippen LogP contribution is 2.21. The Morgan fingerprint density at radius 1 is 1.10 bits per heavy atom. The molecule has 20 heavy (non-hydrogen) atoms. The van der Waals surface area contributed by atoms with Crippen LogP contribution in [0.15, 0.2) is 18.2 Å². The van der Waals surface area contributed by atoms with Crippen molar-refractivity contribution in [2.45, 2.75) is 59.4 Å². The first-order valence-corrected chi connectivity index (χ1v) is 7.68. The lowest BCUT2D eigenvalue weighted by atomic mass is 9.89. The van der Waals surface area contributed by atoms with Gasteiger partial charge in [0.05, 0.1) is 0 Å². The van der Waals surface area contributed by atoms with Crippen LogP contribution in [0.3, 0.4) is 0 Å². The van der Waals surface area contributed by atoms with E-state index < -0.39 is 0 Å². The van der Waals surface area contributed by atoms with Crippen LogP contribution in [0.1, 0.15) is 62.9 Å². The minimum atomic E-state index is -0.0780. The molecular formula is C17H28N2O. The normalized spacial score (nSPS) is 11.2. The van der Waals surface area contributed by atoms with Crippen molar-refractivity contribution < 1.29 is 4.79 Å². The number of amides is 1. The second-order valence-electron chi connectivity index (χ2n) is 5.36. The SMILES string of the molecule is CCNc1ccc(C(=O)NC(CC)(CC)CC)cc1C. The Morgan fingerprint density at radius 2 is 1.70 bits per heavy atom. The average Bonchev–Trinajstić information content (AvgIpc) is 2.47. The molecule has 0 atom stereocenters. The van der Waals surface area contributed by atoms with Crippen LogP contribution in [0.25, 0.3) is 0 Å². The summed E-state index contributed by atoms with van der Waals surface area (Å²) < 4.78 is 0. The fraction of sp³-hybridized carbons (Fsp3) is 0.588. The molecule has 1 rings (SSSR count). The van der Waals surface area contributed by atoms with Gasteiger partial charge < -0.3 is 10.6 Å². The van der Waals surface area contributed by atoms with Crippen LogP contribution in [0, 0.1) is 6.92 Å². The predicted octanol–water partition coefficient (Wildman–Crippen LogP) is 4.13. The van der Waals surface area contributed by atoms with Gasteiger partial charge in [0, 0.05) is 23.3 Å². The number of anilines is 1. The molecule has 3 nitrogen and oxygen atoms in total. The molecule has 0 aliphatic carbocycles. The molecule has 0 aromatic heterocycles. The van der Waals surface area contributed by atoms with Crippen LogP contribution in [0.4, 0.5) is 5.69 Å². The van der Waals surface area contributed by atoms with Crippen molar-refractivity contribution in [1.29, 1.82) is 0 Å². The molecule has 0 bridgehead atoms. The number of carbonyl (C=O) groups is 1. The Labute approximate surface area is 123 Å². The van der Waals surface area contributed by atoms with Crippen molar-refractivity contribution in [3.05, 3.63) is 29.3 Å². The number of carbonyl (C=O) groups excluding carboxylic acids is 1. The Kier molecular flexibility index (Phi) is 6.05. The third-order valence-electron chi connectivity index (χ3n) is 4.26. The highest BCUT2D eigenvalue weighted by molar-refractivity contribution is 5.95. The van der Waals surface area contributed by atoms with E-state index in [9.17, 15) is 4.79 Å². The summed E-state index contributed by atoms with van der Waals surface area (Å²) in [6.07, 6.45) is 2.88. The minimum absolute atomic E-state index is 0.0294. The van der Waals surface area contributed by atoms with Gasteiger partial charge in [-0.2, -0.15) is 0 Å². The molecule has 3 heteroatoms. The largest absolute Gasteiger partial charge is 0.385 e. The lowest BCUT2D eigenvalue weighted by Gasteiger charge is -2.31. The summed E-state index contributed by atoms with van der Waals surface area (Å²) in [5, 5.41) is 6.51. The summed E-state index contributed by atoms with van der Waals surface area (Å²) in [5.41, 5.74) is 2.86. The first kappa shape index (κ1) is 16.5. The summed E-state index contributed by atoms with van der Waals surface area (Å²) in [6.45, 7) is 11.4. The van der Waals surface area contributed by atoms with Crippen LogP contribution in [0.5, 0.6) is 0 Å². The maximum Gasteiger partial charge on any atom is 0.251 e. The third-order valence-corrected chi connectivity index (χ3v) is 4.26. The molecule has 0 radical (unpaired) electrons. The average molecular weight is 276 g/mol. The predicted molar refractivity (Wildman–Crippen MR) is 86.4 cm³/mol. The highest BCUT2D eigenvalue weighted by atomic mass is 16.1. The van der Waals surface area contributed by atoms with Crippen molar-refractivity contribution in [1.82, 2.24) is 5.32 Å². The summed E-state index contributed by atoms with van der Waals surface area (Å²) in [7, 11) is 0. The molecule has 0 heterocycles. The fourth-order valence-corrected chi connectivity index (χ4v) is 2.52. The molecule has 0 unspecified atom stereocenters. The van der Waals surface area contributed by atoms with Crippen LogP contribution in [0.2, 0.25) is 0 Å². The second kappa shape index (κ2) is 7.32. The molecule has 0 aliphatic heterocycles. The molecule has 1 amide bonds. The summed E-state index contributed by atoms with van der Waals surface area (Å²) in [6, 6.07) is 5.84. The van der Waals surface area contributed by atoms with E-state index in [4.69, 9.17) is 0 Å². The fourth-order valence-electron chi connectivity index (χ4n) is 2.52. The van der Waals surface area contributed by atoms with Crippen molar-refractivity contribution in [3.8, 4) is 0 Å². The Bertz CT molecular complexity index is 442. The molecule has 0 aliphatic rings. The van der Waals surface area contributed by atoms with Gasteiger partial charge in [0.25, 0.3) is 5.91 Å². The van der Waals surface area contributed by atoms with E-state index in [-0.39, 0.29) is 11.4 Å². The standard InChI is InChI=1S/C17H28N2O/c1-6-17(7-2,8-3)19-16(20)14-10-11-15(18-9-4)13(5)12-14/h10-12,18H,6-9H2,1-5H3,(H,19,20). The first-order valence-electron chi connectivity index (χ1n) is 7.68. The topological polar surface area (TPSA) is 41.1 Å². The van der Waals surface area contributed by atoms with Crippen LogP contribution >= 0.6 is 0 Å². The zero-order valence-corrected chi connectivity index (χ0v) is 13.5. The monoisotopic (exact) mass is 276 g/mol. The van der Waals surface area contributed by atoms with Gasteiger partial charge in [0.15, 0.2) is 0 Å². The van der Waals surface area contributed by atoms with Gasteiger partial charge in [-0.15, -0.1) is 0 Å². The van der Waals surface area contributed by atoms with Crippen LogP contribution < -0.4 is 10.6 Å². The van der Waals surface area contributed by atoms with E-state index in [1.165, 1.54) is 0 Å². The molecule has 0 saturated carbocycles. The van der Waals surface area contributed by atoms with Gasteiger partial charge in [0.1, 0.15) is 0 Å². The number of aryl methyl sites for hydroxylation is 1. The molecule has 112 valence electrons. The maximum atomic E-state index is 12.4. The number of hydrogen-bond donors (Lipinski definition) is 2. The number of hydrogen-bond acceptors (Lipinski definition) is 2. The number of nitrogens with one attached hydrogen (secondary N) is 2. The zero-order chi connectivity index (χ0) is 15.2. The molecule has 2 N–H and O–H groups in total. The van der Waals surface area contributed by atoms with Gasteiger partial charge in [-0.1, -0.05) is 20.8 Å². The quantitative estimate of drug-likeness (QED) is 0.786. The van der Waals surface area contributed by atoms with Gasteiger partial charge in [-0.05, 0) is 56.9 Å². The van der Waals surface area contributed by atoms with Crippen molar-refractivity contribution >= 4 is 11.6 Å². The second-order valence-corrected chi connectivity index (χ2v) is 5.36. The van der Waals surface area contributed by atoms with Crippen LogP contribution in [-0.2, 0) is 0 Å². The Balaban J connectivity index is 2.90. The summed E-state index contributed by atoms with van der Waals surface area (Å²) in [4.78, 5) is 12.4. The van der Waals surface area contributed by atoms with E-state index in [0.717, 1.165) is 42.6 Å². The van der Waals surface area contributed by atoms with Crippen LogP contribution in [-0.4, -0.2) is 18.0 Å². The Hall–Kier alpha value is -1.51. The zero-order valence-electron chi connectivity index (χ0n) is 13.5. The van der Waals surface area contributed by atoms with E-state index in [1.807, 2.05) is 25.1 Å². The number of rotatable bonds is 7. The molecular weight excluding hydrogens is 248 g/mol. The van der Waals surface area contributed by atoms with Gasteiger partial charge >= 0.3 is 0 Å². The van der Waals surface area contributed by atoms with Crippen molar-refractivity contribution in [2.75, 3.05) is 11.9 Å². The molecule has 0 saturated heterocycles. The highest BCUT2D eigenvalue weighted by Gasteiger charge is 2.26. The van der Waals surface area contributed by atoms with Gasteiger partial charge in [0.2, 0.25) is 0 Å². The summed E-state index contributed by atoms with van der Waals surface area (Å²) in [5.74, 6) is 0.0294. The van der Waals surface area contributed by atoms with E-state index in [2.05, 4.69) is 38.3 Å². The number of benzene rings is 1. The van der Waals surface area contributed by atoms with E-state index in [1.54, 1.807) is 0 Å². The third kappa shape index (κ3) is 3.75.